The first-order valence-corrected chi connectivity index (χ1v) is 13.7. The van der Waals surface area contributed by atoms with Gasteiger partial charge in [-0.15, -0.1) is 11.3 Å². The Morgan fingerprint density at radius 1 is 1.19 bits per heavy atom. The van der Waals surface area contributed by atoms with E-state index in [1.54, 1.807) is 11.3 Å². The molecule has 0 aliphatic carbocycles. The summed E-state index contributed by atoms with van der Waals surface area (Å²) in [5.74, 6) is 1.22. The molecule has 198 valence electrons. The van der Waals surface area contributed by atoms with Gasteiger partial charge in [0.25, 0.3) is 5.91 Å². The number of hydroxylamine groups is 2. The third-order valence-corrected chi connectivity index (χ3v) is 7.59. The molecule has 9 nitrogen and oxygen atoms in total. The van der Waals surface area contributed by atoms with Gasteiger partial charge in [0.2, 0.25) is 0 Å². The molecule has 0 aromatic carbocycles. The first-order chi connectivity index (χ1) is 17.1. The molecular formula is C26H39N5O4S. The number of carbonyl (C=O) groups excluding carboxylic acids is 2. The number of amides is 2. The number of likely N-dealkylation sites (tertiary alicyclic amines) is 2. The maximum absolute atomic E-state index is 13.1. The van der Waals surface area contributed by atoms with Gasteiger partial charge in [-0.05, 0) is 58.1 Å². The van der Waals surface area contributed by atoms with E-state index in [-0.39, 0.29) is 12.0 Å². The van der Waals surface area contributed by atoms with Gasteiger partial charge in [-0.1, -0.05) is 6.92 Å². The smallest absolute Gasteiger partial charge is 0.410 e. The predicted molar refractivity (Wildman–Crippen MR) is 142 cm³/mol. The normalized spacial score (nSPS) is 22.0. The van der Waals surface area contributed by atoms with Crippen molar-refractivity contribution in [2.75, 3.05) is 39.3 Å². The second kappa shape index (κ2) is 10.9. The van der Waals surface area contributed by atoms with Crippen LogP contribution in [-0.2, 0) is 20.9 Å². The summed E-state index contributed by atoms with van der Waals surface area (Å²) in [6.45, 7) is 14.8. The van der Waals surface area contributed by atoms with Gasteiger partial charge in [0.05, 0.1) is 17.2 Å². The number of ether oxygens (including phenoxy) is 1. The number of hydrogen-bond acceptors (Lipinski definition) is 8. The van der Waals surface area contributed by atoms with Crippen molar-refractivity contribution in [3.63, 3.8) is 0 Å². The number of nitrogens with zero attached hydrogens (tertiary/aromatic N) is 4. The number of thiophene rings is 1. The van der Waals surface area contributed by atoms with Crippen LogP contribution in [0.5, 0.6) is 0 Å². The van der Waals surface area contributed by atoms with Crippen LogP contribution in [-0.4, -0.2) is 77.6 Å². The van der Waals surface area contributed by atoms with Crippen LogP contribution < -0.4 is 5.73 Å². The zero-order chi connectivity index (χ0) is 26.0. The molecule has 4 heterocycles. The summed E-state index contributed by atoms with van der Waals surface area (Å²) < 4.78 is 5.55. The highest BCUT2D eigenvalue weighted by Gasteiger charge is 2.42. The van der Waals surface area contributed by atoms with Gasteiger partial charge < -0.3 is 15.4 Å². The van der Waals surface area contributed by atoms with Crippen molar-refractivity contribution < 1.29 is 19.2 Å². The van der Waals surface area contributed by atoms with E-state index in [4.69, 9.17) is 15.3 Å². The molecule has 4 rings (SSSR count). The van der Waals surface area contributed by atoms with Crippen LogP contribution in [0.3, 0.4) is 0 Å². The molecule has 0 unspecified atom stereocenters. The maximum Gasteiger partial charge on any atom is 0.410 e. The Labute approximate surface area is 217 Å². The third kappa shape index (κ3) is 6.27. The first-order valence-electron chi connectivity index (χ1n) is 12.9. The van der Waals surface area contributed by atoms with E-state index >= 15 is 0 Å². The molecule has 2 atom stereocenters. The number of carbonyl (C=O) groups is 2. The monoisotopic (exact) mass is 517 g/mol. The molecule has 1 aromatic rings. The van der Waals surface area contributed by atoms with Crippen molar-refractivity contribution in [1.82, 2.24) is 14.9 Å². The fourth-order valence-corrected chi connectivity index (χ4v) is 6.22. The van der Waals surface area contributed by atoms with Crippen LogP contribution in [0.1, 0.15) is 57.2 Å². The van der Waals surface area contributed by atoms with Crippen LogP contribution in [0.15, 0.2) is 16.6 Å². The summed E-state index contributed by atoms with van der Waals surface area (Å²) in [6.07, 6.45) is 2.84. The third-order valence-electron chi connectivity index (χ3n) is 6.54. The van der Waals surface area contributed by atoms with Crippen LogP contribution in [0.2, 0.25) is 0 Å². The molecule has 1 aromatic heterocycles. The fraction of sp³-hybridized carbons (Fsp3) is 0.654. The average Bonchev–Trinajstić information content (AvgIpc) is 3.42. The van der Waals surface area contributed by atoms with Crippen LogP contribution in [0.25, 0.3) is 6.08 Å². The summed E-state index contributed by atoms with van der Waals surface area (Å²) in [5, 5.41) is 1.43. The Hall–Kier alpha value is -2.43. The Bertz CT molecular complexity index is 1020. The Kier molecular flexibility index (Phi) is 8.06. The van der Waals surface area contributed by atoms with Crippen molar-refractivity contribution in [1.29, 1.82) is 0 Å². The standard InChI is InChI=1S/C26H39N5O4S/c1-6-8-31(34-7-2)24(32)17-9-22-21(28-23(27)10-17)11-20(36-22)16-29-12-18-14-30(15-19(18)13-29)25(33)35-26(3,4)5/h9,11,18-19H,6-8,10,12-16H2,1-5H3,(H2,27,28)/t18-,19-/m0/s1. The lowest BCUT2D eigenvalue weighted by molar-refractivity contribution is -0.180. The summed E-state index contributed by atoms with van der Waals surface area (Å²) in [4.78, 5) is 42.2. The topological polar surface area (TPSA) is 101 Å². The molecule has 36 heavy (non-hydrogen) atoms. The van der Waals surface area contributed by atoms with E-state index in [0.29, 0.717) is 42.8 Å². The van der Waals surface area contributed by atoms with Gasteiger partial charge in [0, 0.05) is 56.1 Å². The van der Waals surface area contributed by atoms with E-state index in [0.717, 1.165) is 49.7 Å². The first kappa shape index (κ1) is 26.6. The predicted octanol–water partition coefficient (Wildman–Crippen LogP) is 4.01. The minimum Gasteiger partial charge on any atom is -0.444 e. The molecule has 3 aliphatic rings. The lowest BCUT2D eigenvalue weighted by atomic mass is 10.0. The lowest BCUT2D eigenvalue weighted by Gasteiger charge is -2.25. The highest BCUT2D eigenvalue weighted by molar-refractivity contribution is 7.13. The molecule has 2 fully saturated rings. The highest BCUT2D eigenvalue weighted by atomic mass is 32.1. The van der Waals surface area contributed by atoms with Crippen LogP contribution in [0, 0.1) is 11.8 Å². The molecule has 2 saturated heterocycles. The largest absolute Gasteiger partial charge is 0.444 e. The molecule has 2 N–H and O–H groups in total. The Balaban J connectivity index is 1.40. The number of nitrogens with two attached hydrogens (primary N) is 1. The summed E-state index contributed by atoms with van der Waals surface area (Å²) in [5.41, 5.74) is 7.14. The van der Waals surface area contributed by atoms with Gasteiger partial charge >= 0.3 is 6.09 Å². The van der Waals surface area contributed by atoms with Crippen molar-refractivity contribution in [3.05, 3.63) is 21.4 Å². The summed E-state index contributed by atoms with van der Waals surface area (Å²) in [6, 6.07) is 2.09. The van der Waals surface area contributed by atoms with Crippen LogP contribution >= 0.6 is 11.3 Å². The van der Waals surface area contributed by atoms with Gasteiger partial charge in [-0.3, -0.25) is 14.5 Å². The van der Waals surface area contributed by atoms with E-state index in [1.165, 1.54) is 9.94 Å². The Morgan fingerprint density at radius 3 is 2.50 bits per heavy atom. The van der Waals surface area contributed by atoms with Crippen molar-refractivity contribution in [2.45, 2.75) is 59.6 Å². The van der Waals surface area contributed by atoms with Gasteiger partial charge in [0.15, 0.2) is 0 Å². The number of amidine groups is 1. The van der Waals surface area contributed by atoms with E-state index in [2.05, 4.69) is 16.0 Å². The number of aliphatic imine (C=N–C) groups is 1. The van der Waals surface area contributed by atoms with Gasteiger partial charge in [-0.2, -0.15) is 0 Å². The zero-order valence-corrected chi connectivity index (χ0v) is 22.9. The number of rotatable bonds is 7. The molecule has 3 aliphatic heterocycles. The minimum absolute atomic E-state index is 0.151. The van der Waals surface area contributed by atoms with Gasteiger partial charge in [-0.25, -0.2) is 14.9 Å². The van der Waals surface area contributed by atoms with E-state index in [1.807, 2.05) is 45.6 Å². The lowest BCUT2D eigenvalue weighted by Crippen LogP contribution is -2.37. The highest BCUT2D eigenvalue weighted by Crippen LogP contribution is 2.38. The second-order valence-electron chi connectivity index (χ2n) is 10.8. The van der Waals surface area contributed by atoms with E-state index < -0.39 is 5.60 Å². The summed E-state index contributed by atoms with van der Waals surface area (Å²) in [7, 11) is 0. The van der Waals surface area contributed by atoms with Crippen molar-refractivity contribution >= 4 is 40.9 Å². The number of hydrogen-bond donors (Lipinski definition) is 1. The van der Waals surface area contributed by atoms with Crippen molar-refractivity contribution in [3.8, 4) is 0 Å². The molecule has 0 saturated carbocycles. The van der Waals surface area contributed by atoms with Gasteiger partial charge in [0.1, 0.15) is 11.4 Å². The quantitative estimate of drug-likeness (QED) is 0.549. The van der Waals surface area contributed by atoms with E-state index in [9.17, 15) is 9.59 Å². The molecule has 2 amide bonds. The number of fused-ring (bicyclic) bond motifs is 2. The van der Waals surface area contributed by atoms with Crippen LogP contribution in [0.4, 0.5) is 10.5 Å². The summed E-state index contributed by atoms with van der Waals surface area (Å²) >= 11 is 1.66. The van der Waals surface area contributed by atoms with Crippen molar-refractivity contribution in [2.24, 2.45) is 22.6 Å². The molecule has 0 radical (unpaired) electrons. The maximum atomic E-state index is 13.1. The zero-order valence-electron chi connectivity index (χ0n) is 22.1. The molecule has 0 bridgehead atoms. The Morgan fingerprint density at radius 2 is 1.89 bits per heavy atom. The molecule has 0 spiro atoms. The average molecular weight is 518 g/mol. The SMILES string of the molecule is CCCN(OCC)C(=O)C1=Cc2sc(CN3C[C@H]4CN(C(=O)OC(C)(C)C)C[C@@H]4C3)cc2N=C(N)C1. The minimum atomic E-state index is -0.472. The molecular weight excluding hydrogens is 478 g/mol. The molecule has 10 heteroatoms. The second-order valence-corrected chi connectivity index (χ2v) is 12.0. The fourth-order valence-electron chi connectivity index (χ4n) is 5.11.